The monoisotopic (exact) mass is 213 g/mol. The van der Waals surface area contributed by atoms with Gasteiger partial charge in [-0.05, 0) is 43.5 Å². The Balaban J connectivity index is 3.05. The molecule has 1 atom stereocenters. The van der Waals surface area contributed by atoms with Crippen LogP contribution in [-0.4, -0.2) is 11.7 Å². The second-order valence-corrected chi connectivity index (χ2v) is 4.34. The molecule has 3 N–H and O–H groups in total. The third kappa shape index (κ3) is 2.71. The molecule has 3 heteroatoms. The van der Waals surface area contributed by atoms with Crippen LogP contribution in [0.1, 0.15) is 24.5 Å². The molecule has 0 aromatic heterocycles. The van der Waals surface area contributed by atoms with Crippen LogP contribution in [0, 0.1) is 6.92 Å². The van der Waals surface area contributed by atoms with Gasteiger partial charge in [0.05, 0.1) is 0 Å². The summed E-state index contributed by atoms with van der Waals surface area (Å²) in [6.45, 7) is 3.96. The lowest BCUT2D eigenvalue weighted by atomic mass is 9.89. The maximum Gasteiger partial charge on any atom is 0.0451 e. The molecule has 0 aliphatic heterocycles. The molecule has 1 aromatic carbocycles. The molecule has 14 heavy (non-hydrogen) atoms. The predicted molar refractivity (Wildman–Crippen MR) is 59.4 cm³/mol. The summed E-state index contributed by atoms with van der Waals surface area (Å²) in [5, 5.41) is 9.58. The molecule has 0 heterocycles. The van der Waals surface area contributed by atoms with Gasteiger partial charge in [0, 0.05) is 17.2 Å². The second-order valence-electron chi connectivity index (χ2n) is 3.91. The largest absolute Gasteiger partial charge is 0.396 e. The smallest absolute Gasteiger partial charge is 0.0451 e. The number of rotatable bonds is 3. The third-order valence-corrected chi connectivity index (χ3v) is 2.55. The molecule has 0 aliphatic carbocycles. The fourth-order valence-electron chi connectivity index (χ4n) is 1.44. The van der Waals surface area contributed by atoms with E-state index in [9.17, 15) is 0 Å². The molecule has 0 bridgehead atoms. The Hall–Kier alpha value is -0.570. The second kappa shape index (κ2) is 4.30. The zero-order valence-electron chi connectivity index (χ0n) is 8.55. The summed E-state index contributed by atoms with van der Waals surface area (Å²) >= 11 is 5.94. The molecule has 2 nitrogen and oxygen atoms in total. The minimum atomic E-state index is -0.510. The van der Waals surface area contributed by atoms with E-state index in [4.69, 9.17) is 22.4 Å². The van der Waals surface area contributed by atoms with Crippen LogP contribution in [-0.2, 0) is 5.54 Å². The zero-order valence-corrected chi connectivity index (χ0v) is 9.30. The van der Waals surface area contributed by atoms with E-state index in [2.05, 4.69) is 0 Å². The average Bonchev–Trinajstić information content (AvgIpc) is 2.02. The first-order valence-corrected chi connectivity index (χ1v) is 5.01. The molecule has 0 aliphatic rings. The van der Waals surface area contributed by atoms with Gasteiger partial charge >= 0.3 is 0 Å². The van der Waals surface area contributed by atoms with E-state index in [0.717, 1.165) is 11.1 Å². The first-order valence-electron chi connectivity index (χ1n) is 4.63. The summed E-state index contributed by atoms with van der Waals surface area (Å²) in [7, 11) is 0. The van der Waals surface area contributed by atoms with Gasteiger partial charge in [0.2, 0.25) is 0 Å². The SMILES string of the molecule is Cc1cc(Cl)cc([C@@](C)(N)CCO)c1. The van der Waals surface area contributed by atoms with E-state index in [1.165, 1.54) is 0 Å². The number of benzene rings is 1. The fourth-order valence-corrected chi connectivity index (χ4v) is 1.73. The Bertz CT molecular complexity index is 303. The number of halogens is 1. The molecule has 0 unspecified atom stereocenters. The van der Waals surface area contributed by atoms with Crippen molar-refractivity contribution in [3.8, 4) is 0 Å². The molecule has 0 spiro atoms. The van der Waals surface area contributed by atoms with Crippen LogP contribution in [0.25, 0.3) is 0 Å². The van der Waals surface area contributed by atoms with Crippen molar-refractivity contribution in [2.45, 2.75) is 25.8 Å². The Morgan fingerprint density at radius 3 is 2.57 bits per heavy atom. The Labute approximate surface area is 89.7 Å². The zero-order chi connectivity index (χ0) is 10.8. The lowest BCUT2D eigenvalue weighted by Crippen LogP contribution is -2.34. The summed E-state index contributed by atoms with van der Waals surface area (Å²) in [5.74, 6) is 0. The Morgan fingerprint density at radius 1 is 1.43 bits per heavy atom. The highest BCUT2D eigenvalue weighted by Gasteiger charge is 2.20. The number of aliphatic hydroxyl groups excluding tert-OH is 1. The van der Waals surface area contributed by atoms with Crippen LogP contribution < -0.4 is 5.73 Å². The highest BCUT2D eigenvalue weighted by atomic mass is 35.5. The van der Waals surface area contributed by atoms with Crippen molar-refractivity contribution in [1.29, 1.82) is 0 Å². The molecule has 0 fully saturated rings. The topological polar surface area (TPSA) is 46.2 Å². The quantitative estimate of drug-likeness (QED) is 0.809. The minimum absolute atomic E-state index is 0.0819. The number of aliphatic hydroxyl groups is 1. The van der Waals surface area contributed by atoms with E-state index in [1.807, 2.05) is 32.0 Å². The van der Waals surface area contributed by atoms with Gasteiger partial charge in [0.1, 0.15) is 0 Å². The van der Waals surface area contributed by atoms with Crippen LogP contribution in [0.5, 0.6) is 0 Å². The number of hydrogen-bond donors (Lipinski definition) is 2. The van der Waals surface area contributed by atoms with Gasteiger partial charge in [-0.25, -0.2) is 0 Å². The maximum absolute atomic E-state index is 8.89. The van der Waals surface area contributed by atoms with Crippen molar-refractivity contribution in [2.75, 3.05) is 6.61 Å². The van der Waals surface area contributed by atoms with Crippen LogP contribution in [0.15, 0.2) is 18.2 Å². The molecule has 0 amide bonds. The number of aryl methyl sites for hydroxylation is 1. The Kier molecular flexibility index (Phi) is 3.53. The van der Waals surface area contributed by atoms with E-state index in [0.29, 0.717) is 11.4 Å². The first kappa shape index (κ1) is 11.5. The van der Waals surface area contributed by atoms with Gasteiger partial charge in [-0.3, -0.25) is 0 Å². The van der Waals surface area contributed by atoms with Crippen molar-refractivity contribution in [3.63, 3.8) is 0 Å². The summed E-state index contributed by atoms with van der Waals surface area (Å²) in [6.07, 6.45) is 0.535. The summed E-state index contributed by atoms with van der Waals surface area (Å²) in [5.41, 5.74) is 7.61. The lowest BCUT2D eigenvalue weighted by molar-refractivity contribution is 0.247. The highest BCUT2D eigenvalue weighted by molar-refractivity contribution is 6.30. The molecule has 1 rings (SSSR count). The van der Waals surface area contributed by atoms with Gasteiger partial charge in [0.25, 0.3) is 0 Å². The van der Waals surface area contributed by atoms with Crippen molar-refractivity contribution < 1.29 is 5.11 Å². The molecule has 0 saturated heterocycles. The molecule has 0 saturated carbocycles. The third-order valence-electron chi connectivity index (χ3n) is 2.33. The standard InChI is InChI=1S/C11H16ClNO/c1-8-5-9(7-10(12)6-8)11(2,13)3-4-14/h5-7,14H,3-4,13H2,1-2H3/t11-/m0/s1. The minimum Gasteiger partial charge on any atom is -0.396 e. The van der Waals surface area contributed by atoms with Gasteiger partial charge < -0.3 is 10.8 Å². The van der Waals surface area contributed by atoms with E-state index in [1.54, 1.807) is 0 Å². The molecule has 0 radical (unpaired) electrons. The maximum atomic E-state index is 8.89. The van der Waals surface area contributed by atoms with Gasteiger partial charge in [0.15, 0.2) is 0 Å². The van der Waals surface area contributed by atoms with Crippen LogP contribution in [0.4, 0.5) is 0 Å². The molecular weight excluding hydrogens is 198 g/mol. The normalized spacial score (nSPS) is 15.2. The summed E-state index contributed by atoms with van der Waals surface area (Å²) < 4.78 is 0. The fraction of sp³-hybridized carbons (Fsp3) is 0.455. The molecule has 78 valence electrons. The molecule has 1 aromatic rings. The van der Waals surface area contributed by atoms with Gasteiger partial charge in [-0.2, -0.15) is 0 Å². The van der Waals surface area contributed by atoms with Gasteiger partial charge in [-0.15, -0.1) is 0 Å². The van der Waals surface area contributed by atoms with E-state index >= 15 is 0 Å². The number of hydrogen-bond acceptors (Lipinski definition) is 2. The summed E-state index contributed by atoms with van der Waals surface area (Å²) in [4.78, 5) is 0. The van der Waals surface area contributed by atoms with Crippen molar-refractivity contribution in [1.82, 2.24) is 0 Å². The molecular formula is C11H16ClNO. The van der Waals surface area contributed by atoms with E-state index < -0.39 is 5.54 Å². The Morgan fingerprint density at radius 2 is 2.07 bits per heavy atom. The summed E-state index contributed by atoms with van der Waals surface area (Å²) in [6, 6.07) is 5.74. The lowest BCUT2D eigenvalue weighted by Gasteiger charge is -2.24. The average molecular weight is 214 g/mol. The van der Waals surface area contributed by atoms with Crippen LogP contribution in [0.2, 0.25) is 5.02 Å². The van der Waals surface area contributed by atoms with Gasteiger partial charge in [-0.1, -0.05) is 17.7 Å². The van der Waals surface area contributed by atoms with Crippen LogP contribution >= 0.6 is 11.6 Å². The van der Waals surface area contributed by atoms with Crippen LogP contribution in [0.3, 0.4) is 0 Å². The van der Waals surface area contributed by atoms with E-state index in [-0.39, 0.29) is 6.61 Å². The number of nitrogens with two attached hydrogens (primary N) is 1. The van der Waals surface area contributed by atoms with Crippen molar-refractivity contribution in [2.24, 2.45) is 5.73 Å². The highest BCUT2D eigenvalue weighted by Crippen LogP contribution is 2.25. The van der Waals surface area contributed by atoms with Crippen molar-refractivity contribution >= 4 is 11.6 Å². The first-order chi connectivity index (χ1) is 6.45. The predicted octanol–water partition coefficient (Wildman–Crippen LogP) is 2.20. The van der Waals surface area contributed by atoms with Crippen molar-refractivity contribution in [3.05, 3.63) is 34.3 Å².